The Kier molecular flexibility index (Phi) is 3.57. The van der Waals surface area contributed by atoms with E-state index in [4.69, 9.17) is 5.73 Å². The van der Waals surface area contributed by atoms with E-state index >= 15 is 0 Å². The molecular formula is C14H15N5OS. The van der Waals surface area contributed by atoms with Gasteiger partial charge in [-0.1, -0.05) is 18.2 Å². The molecule has 0 bridgehead atoms. The van der Waals surface area contributed by atoms with E-state index in [0.29, 0.717) is 5.13 Å². The minimum atomic E-state index is -0.170. The Balaban J connectivity index is 1.66. The first-order valence-corrected chi connectivity index (χ1v) is 7.42. The molecule has 0 saturated carbocycles. The number of rotatable bonds is 4. The molecule has 1 amide bonds. The number of anilines is 1. The first-order chi connectivity index (χ1) is 10.1. The van der Waals surface area contributed by atoms with Gasteiger partial charge in [0.25, 0.3) is 0 Å². The van der Waals surface area contributed by atoms with Crippen LogP contribution in [0.4, 0.5) is 5.13 Å². The van der Waals surface area contributed by atoms with Crippen molar-refractivity contribution in [3.63, 3.8) is 0 Å². The van der Waals surface area contributed by atoms with Crippen LogP contribution in [0.1, 0.15) is 18.7 Å². The molecule has 3 N–H and O–H groups in total. The molecule has 0 aliphatic carbocycles. The number of nitrogens with zero attached hydrogens (tertiary/aromatic N) is 3. The Morgan fingerprint density at radius 3 is 3.00 bits per heavy atom. The van der Waals surface area contributed by atoms with Crippen molar-refractivity contribution < 1.29 is 4.79 Å². The molecule has 3 aromatic rings. The average Bonchev–Trinajstić information content (AvgIpc) is 3.03. The highest BCUT2D eigenvalue weighted by atomic mass is 32.1. The maximum Gasteiger partial charge on any atom is 0.242 e. The van der Waals surface area contributed by atoms with Crippen molar-refractivity contribution in [1.82, 2.24) is 20.1 Å². The predicted molar refractivity (Wildman–Crippen MR) is 82.8 cm³/mol. The number of thiazole rings is 1. The Hall–Kier alpha value is -2.41. The van der Waals surface area contributed by atoms with Crippen LogP contribution in [0.2, 0.25) is 0 Å². The summed E-state index contributed by atoms with van der Waals surface area (Å²) < 4.78 is 1.64. The van der Waals surface area contributed by atoms with Crippen LogP contribution < -0.4 is 11.1 Å². The molecule has 21 heavy (non-hydrogen) atoms. The van der Waals surface area contributed by atoms with Crippen molar-refractivity contribution in [1.29, 1.82) is 0 Å². The number of amides is 1. The number of nitrogen functional groups attached to an aromatic ring is 1. The van der Waals surface area contributed by atoms with E-state index in [9.17, 15) is 4.79 Å². The predicted octanol–water partition coefficient (Wildman–Crippen LogP) is 1.95. The number of carbonyl (C=O) groups excluding carboxylic acids is 1. The second kappa shape index (κ2) is 5.53. The molecule has 1 aromatic carbocycles. The molecule has 2 heterocycles. The third kappa shape index (κ3) is 3.03. The molecule has 2 aromatic heterocycles. The Bertz CT molecular complexity index is 745. The van der Waals surface area contributed by atoms with Gasteiger partial charge in [-0.3, -0.25) is 9.48 Å². The van der Waals surface area contributed by atoms with Gasteiger partial charge in [-0.05, 0) is 13.0 Å². The van der Waals surface area contributed by atoms with Crippen molar-refractivity contribution >= 4 is 33.3 Å². The van der Waals surface area contributed by atoms with E-state index in [-0.39, 0.29) is 18.5 Å². The number of nitrogens with two attached hydrogens (primary N) is 1. The lowest BCUT2D eigenvalue weighted by atomic mass is 10.2. The summed E-state index contributed by atoms with van der Waals surface area (Å²) in [6.45, 7) is 2.06. The third-order valence-corrected chi connectivity index (χ3v) is 3.82. The summed E-state index contributed by atoms with van der Waals surface area (Å²) in [5, 5.41) is 10.6. The van der Waals surface area contributed by atoms with Gasteiger partial charge in [0.05, 0.1) is 17.3 Å². The van der Waals surface area contributed by atoms with Crippen molar-refractivity contribution in [3.05, 3.63) is 41.5 Å². The van der Waals surface area contributed by atoms with E-state index < -0.39 is 0 Å². The van der Waals surface area contributed by atoms with Gasteiger partial charge in [-0.2, -0.15) is 5.10 Å². The van der Waals surface area contributed by atoms with Gasteiger partial charge in [-0.15, -0.1) is 11.3 Å². The second-order valence-corrected chi connectivity index (χ2v) is 5.67. The standard InChI is InChI=1S/C14H15N5OS/c1-9(12-8-21-14(15)17-12)16-13(20)7-19-6-10-4-2-3-5-11(10)18-19/h2-6,8-9H,7H2,1H3,(H2,15,17)(H,16,20). The fourth-order valence-corrected chi connectivity index (χ4v) is 2.76. The Morgan fingerprint density at radius 2 is 2.29 bits per heavy atom. The molecule has 6 nitrogen and oxygen atoms in total. The van der Waals surface area contributed by atoms with E-state index in [1.807, 2.05) is 42.8 Å². The summed E-state index contributed by atoms with van der Waals surface area (Å²) >= 11 is 1.36. The highest BCUT2D eigenvalue weighted by molar-refractivity contribution is 7.13. The number of carbonyl (C=O) groups is 1. The van der Waals surface area contributed by atoms with Crippen LogP contribution >= 0.6 is 11.3 Å². The smallest absolute Gasteiger partial charge is 0.242 e. The molecule has 0 fully saturated rings. The van der Waals surface area contributed by atoms with Crippen molar-refractivity contribution in [3.8, 4) is 0 Å². The van der Waals surface area contributed by atoms with Gasteiger partial charge in [0.2, 0.25) is 5.91 Å². The van der Waals surface area contributed by atoms with Crippen LogP contribution in [-0.2, 0) is 11.3 Å². The number of benzene rings is 1. The molecule has 1 unspecified atom stereocenters. The number of nitrogens with one attached hydrogen (secondary N) is 1. The minimum Gasteiger partial charge on any atom is -0.375 e. The highest BCUT2D eigenvalue weighted by Crippen LogP contribution is 2.17. The summed E-state index contributed by atoms with van der Waals surface area (Å²) in [5.41, 5.74) is 7.25. The zero-order valence-corrected chi connectivity index (χ0v) is 12.3. The van der Waals surface area contributed by atoms with E-state index in [1.165, 1.54) is 11.3 Å². The fraction of sp³-hybridized carbons (Fsp3) is 0.214. The molecule has 0 radical (unpaired) electrons. The van der Waals surface area contributed by atoms with Crippen LogP contribution in [0.3, 0.4) is 0 Å². The van der Waals surface area contributed by atoms with Crippen LogP contribution in [0.25, 0.3) is 10.9 Å². The van der Waals surface area contributed by atoms with Gasteiger partial charge in [0, 0.05) is 17.0 Å². The van der Waals surface area contributed by atoms with E-state index in [2.05, 4.69) is 15.4 Å². The summed E-state index contributed by atoms with van der Waals surface area (Å²) in [5.74, 6) is -0.109. The number of fused-ring (bicyclic) bond motifs is 1. The first-order valence-electron chi connectivity index (χ1n) is 6.54. The quantitative estimate of drug-likeness (QED) is 0.771. The van der Waals surface area contributed by atoms with Gasteiger partial charge < -0.3 is 11.1 Å². The van der Waals surface area contributed by atoms with Crippen LogP contribution in [0, 0.1) is 0 Å². The normalized spacial score (nSPS) is 12.4. The maximum absolute atomic E-state index is 12.1. The van der Waals surface area contributed by atoms with Gasteiger partial charge in [0.15, 0.2) is 5.13 Å². The summed E-state index contributed by atoms with van der Waals surface area (Å²) in [7, 11) is 0. The molecule has 1 atom stereocenters. The maximum atomic E-state index is 12.1. The van der Waals surface area contributed by atoms with E-state index in [1.54, 1.807) is 4.68 Å². The van der Waals surface area contributed by atoms with Gasteiger partial charge >= 0.3 is 0 Å². The van der Waals surface area contributed by atoms with Crippen molar-refractivity contribution in [2.24, 2.45) is 0 Å². The fourth-order valence-electron chi connectivity index (χ4n) is 2.10. The van der Waals surface area contributed by atoms with Crippen LogP contribution in [-0.4, -0.2) is 20.7 Å². The third-order valence-electron chi connectivity index (χ3n) is 3.13. The van der Waals surface area contributed by atoms with E-state index in [0.717, 1.165) is 16.6 Å². The first kappa shape index (κ1) is 13.6. The zero-order chi connectivity index (χ0) is 14.8. The molecule has 0 spiro atoms. The zero-order valence-electron chi connectivity index (χ0n) is 11.5. The molecular weight excluding hydrogens is 286 g/mol. The lowest BCUT2D eigenvalue weighted by Crippen LogP contribution is -2.30. The molecule has 0 aliphatic heterocycles. The summed E-state index contributed by atoms with van der Waals surface area (Å²) in [6.07, 6.45) is 1.86. The largest absolute Gasteiger partial charge is 0.375 e. The monoisotopic (exact) mass is 301 g/mol. The van der Waals surface area contributed by atoms with Crippen molar-refractivity contribution in [2.75, 3.05) is 5.73 Å². The summed E-state index contributed by atoms with van der Waals surface area (Å²) in [6, 6.07) is 7.59. The second-order valence-electron chi connectivity index (χ2n) is 4.79. The van der Waals surface area contributed by atoms with Crippen LogP contribution in [0.15, 0.2) is 35.8 Å². The molecule has 7 heteroatoms. The number of hydrogen-bond donors (Lipinski definition) is 2. The minimum absolute atomic E-state index is 0.109. The molecule has 0 saturated heterocycles. The SMILES string of the molecule is CC(NC(=O)Cn1cc2ccccc2n1)c1csc(N)n1. The lowest BCUT2D eigenvalue weighted by Gasteiger charge is -2.11. The van der Waals surface area contributed by atoms with Gasteiger partial charge in [-0.25, -0.2) is 4.98 Å². The van der Waals surface area contributed by atoms with Crippen molar-refractivity contribution in [2.45, 2.75) is 19.5 Å². The average molecular weight is 301 g/mol. The molecule has 0 aliphatic rings. The number of aromatic nitrogens is 3. The lowest BCUT2D eigenvalue weighted by molar-refractivity contribution is -0.122. The highest BCUT2D eigenvalue weighted by Gasteiger charge is 2.13. The van der Waals surface area contributed by atoms with Gasteiger partial charge in [0.1, 0.15) is 6.54 Å². The number of hydrogen-bond acceptors (Lipinski definition) is 5. The molecule has 108 valence electrons. The molecule has 3 rings (SSSR count). The van der Waals surface area contributed by atoms with Crippen LogP contribution in [0.5, 0.6) is 0 Å². The topological polar surface area (TPSA) is 85.8 Å². The Labute approximate surface area is 125 Å². The summed E-state index contributed by atoms with van der Waals surface area (Å²) in [4.78, 5) is 16.2. The Morgan fingerprint density at radius 1 is 1.48 bits per heavy atom.